The predicted molar refractivity (Wildman–Crippen MR) is 89.4 cm³/mol. The van der Waals surface area contributed by atoms with E-state index in [1.165, 1.54) is 0 Å². The van der Waals surface area contributed by atoms with Crippen molar-refractivity contribution in [3.8, 4) is 17.3 Å². The van der Waals surface area contributed by atoms with Crippen molar-refractivity contribution >= 4 is 6.09 Å². The second-order valence-corrected chi connectivity index (χ2v) is 6.96. The number of hydrogen-bond donors (Lipinski definition) is 0. The van der Waals surface area contributed by atoms with Crippen LogP contribution in [0.5, 0.6) is 0 Å². The van der Waals surface area contributed by atoms with Crippen molar-refractivity contribution in [2.75, 3.05) is 6.54 Å². The first kappa shape index (κ1) is 17.0. The second kappa shape index (κ2) is 6.55. The van der Waals surface area contributed by atoms with E-state index in [0.29, 0.717) is 23.6 Å². The molecule has 1 amide bonds. The second-order valence-electron chi connectivity index (χ2n) is 6.96. The molecule has 1 fully saturated rings. The van der Waals surface area contributed by atoms with Gasteiger partial charge in [-0.25, -0.2) is 9.78 Å². The SMILES string of the molecule is CC(C)(C)OC(=O)N1CCCC1c1cc(-c2cccnc2C#N)no1. The Bertz CT molecular complexity index is 816. The highest BCUT2D eigenvalue weighted by Crippen LogP contribution is 2.35. The Morgan fingerprint density at radius 3 is 3.00 bits per heavy atom. The predicted octanol–water partition coefficient (Wildman–Crippen LogP) is 3.68. The van der Waals surface area contributed by atoms with Gasteiger partial charge in [-0.1, -0.05) is 5.16 Å². The Morgan fingerprint density at radius 1 is 1.48 bits per heavy atom. The third-order valence-electron chi connectivity index (χ3n) is 3.93. The van der Waals surface area contributed by atoms with E-state index in [0.717, 1.165) is 12.8 Å². The maximum Gasteiger partial charge on any atom is 0.410 e. The molecular weight excluding hydrogens is 320 g/mol. The van der Waals surface area contributed by atoms with Gasteiger partial charge in [-0.2, -0.15) is 5.26 Å². The lowest BCUT2D eigenvalue weighted by Crippen LogP contribution is -2.36. The fraction of sp³-hybridized carbons (Fsp3) is 0.444. The van der Waals surface area contributed by atoms with Crippen molar-refractivity contribution in [3.05, 3.63) is 35.9 Å². The van der Waals surface area contributed by atoms with E-state index in [4.69, 9.17) is 9.26 Å². The molecular formula is C18H20N4O3. The summed E-state index contributed by atoms with van der Waals surface area (Å²) in [5.41, 5.74) is 0.893. The molecule has 7 heteroatoms. The number of pyridine rings is 1. The molecule has 0 aliphatic carbocycles. The molecule has 0 saturated carbocycles. The highest BCUT2D eigenvalue weighted by Gasteiger charge is 2.35. The van der Waals surface area contributed by atoms with Gasteiger partial charge < -0.3 is 9.26 Å². The number of amides is 1. The Morgan fingerprint density at radius 2 is 2.28 bits per heavy atom. The molecule has 0 spiro atoms. The highest BCUT2D eigenvalue weighted by molar-refractivity contribution is 5.69. The number of carbonyl (C=O) groups is 1. The summed E-state index contributed by atoms with van der Waals surface area (Å²) in [5.74, 6) is 0.589. The van der Waals surface area contributed by atoms with Gasteiger partial charge in [-0.15, -0.1) is 0 Å². The van der Waals surface area contributed by atoms with Gasteiger partial charge in [0.2, 0.25) is 0 Å². The van der Waals surface area contributed by atoms with Crippen LogP contribution in [-0.4, -0.2) is 33.3 Å². The average molecular weight is 340 g/mol. The number of aromatic nitrogens is 2. The first-order valence-corrected chi connectivity index (χ1v) is 8.21. The lowest BCUT2D eigenvalue weighted by Gasteiger charge is -2.27. The summed E-state index contributed by atoms with van der Waals surface area (Å²) >= 11 is 0. The van der Waals surface area contributed by atoms with Crippen LogP contribution in [0.2, 0.25) is 0 Å². The van der Waals surface area contributed by atoms with Crippen LogP contribution in [0.1, 0.15) is 51.1 Å². The summed E-state index contributed by atoms with van der Waals surface area (Å²) in [7, 11) is 0. The van der Waals surface area contributed by atoms with Crippen LogP contribution in [0.25, 0.3) is 11.3 Å². The molecule has 0 N–H and O–H groups in total. The summed E-state index contributed by atoms with van der Waals surface area (Å²) in [4.78, 5) is 18.1. The van der Waals surface area contributed by atoms with E-state index in [1.54, 1.807) is 29.3 Å². The molecule has 2 aromatic rings. The number of nitriles is 1. The largest absolute Gasteiger partial charge is 0.444 e. The Labute approximate surface area is 146 Å². The molecule has 1 aliphatic rings. The monoisotopic (exact) mass is 340 g/mol. The highest BCUT2D eigenvalue weighted by atomic mass is 16.6. The van der Waals surface area contributed by atoms with Gasteiger partial charge in [0.1, 0.15) is 23.1 Å². The van der Waals surface area contributed by atoms with Crippen molar-refractivity contribution in [1.29, 1.82) is 5.26 Å². The Hall–Kier alpha value is -2.88. The quantitative estimate of drug-likeness (QED) is 0.828. The van der Waals surface area contributed by atoms with Gasteiger partial charge in [0.15, 0.2) is 5.76 Å². The summed E-state index contributed by atoms with van der Waals surface area (Å²) in [6.45, 7) is 6.14. The molecule has 1 aliphatic heterocycles. The van der Waals surface area contributed by atoms with Gasteiger partial charge >= 0.3 is 6.09 Å². The van der Waals surface area contributed by atoms with Crippen molar-refractivity contribution in [3.63, 3.8) is 0 Å². The van der Waals surface area contributed by atoms with Crippen LogP contribution in [0, 0.1) is 11.3 Å². The molecule has 7 nitrogen and oxygen atoms in total. The normalized spacial score (nSPS) is 17.4. The van der Waals surface area contributed by atoms with Gasteiger partial charge in [-0.05, 0) is 45.7 Å². The summed E-state index contributed by atoms with van der Waals surface area (Å²) in [5, 5.41) is 13.2. The zero-order valence-corrected chi connectivity index (χ0v) is 14.5. The standard InChI is InChI=1S/C18H20N4O3/c1-18(2,3)24-17(23)22-9-5-7-15(22)16-10-13(21-25-16)12-6-4-8-20-14(12)11-19/h4,6,8,10,15H,5,7,9H2,1-3H3. The number of ether oxygens (including phenoxy) is 1. The molecule has 25 heavy (non-hydrogen) atoms. The number of hydrogen-bond acceptors (Lipinski definition) is 6. The summed E-state index contributed by atoms with van der Waals surface area (Å²) in [6, 6.07) is 7.12. The maximum atomic E-state index is 12.4. The summed E-state index contributed by atoms with van der Waals surface area (Å²) < 4.78 is 10.9. The summed E-state index contributed by atoms with van der Waals surface area (Å²) in [6.07, 6.45) is 2.86. The zero-order chi connectivity index (χ0) is 18.0. The lowest BCUT2D eigenvalue weighted by molar-refractivity contribution is 0.0204. The van der Waals surface area contributed by atoms with Crippen molar-refractivity contribution in [1.82, 2.24) is 15.0 Å². The average Bonchev–Trinajstić information content (AvgIpc) is 3.22. The Balaban J connectivity index is 1.84. The molecule has 0 bridgehead atoms. The molecule has 1 unspecified atom stereocenters. The number of nitrogens with zero attached hydrogens (tertiary/aromatic N) is 4. The van der Waals surface area contributed by atoms with E-state index in [9.17, 15) is 10.1 Å². The maximum absolute atomic E-state index is 12.4. The third kappa shape index (κ3) is 3.63. The molecule has 0 radical (unpaired) electrons. The molecule has 3 rings (SSSR count). The van der Waals surface area contributed by atoms with Gasteiger partial charge in [0.25, 0.3) is 0 Å². The van der Waals surface area contributed by atoms with Gasteiger partial charge in [-0.3, -0.25) is 4.90 Å². The van der Waals surface area contributed by atoms with Crippen LogP contribution >= 0.6 is 0 Å². The minimum Gasteiger partial charge on any atom is -0.444 e. The third-order valence-corrected chi connectivity index (χ3v) is 3.93. The molecule has 0 aromatic carbocycles. The molecule has 130 valence electrons. The van der Waals surface area contributed by atoms with Crippen LogP contribution in [0.3, 0.4) is 0 Å². The zero-order valence-electron chi connectivity index (χ0n) is 14.5. The molecule has 2 aromatic heterocycles. The molecule has 1 atom stereocenters. The van der Waals surface area contributed by atoms with E-state index in [2.05, 4.69) is 10.1 Å². The van der Waals surface area contributed by atoms with Crippen LogP contribution in [0.15, 0.2) is 28.9 Å². The van der Waals surface area contributed by atoms with Crippen LogP contribution in [0.4, 0.5) is 4.79 Å². The minimum absolute atomic E-state index is 0.210. The fourth-order valence-electron chi connectivity index (χ4n) is 2.88. The van der Waals surface area contributed by atoms with Gasteiger partial charge in [0.05, 0.1) is 6.04 Å². The lowest BCUT2D eigenvalue weighted by atomic mass is 10.1. The minimum atomic E-state index is -0.547. The number of likely N-dealkylation sites (tertiary alicyclic amines) is 1. The first-order valence-electron chi connectivity index (χ1n) is 8.21. The van der Waals surface area contributed by atoms with Crippen molar-refractivity contribution in [2.45, 2.75) is 45.3 Å². The molecule has 3 heterocycles. The topological polar surface area (TPSA) is 92.2 Å². The smallest absolute Gasteiger partial charge is 0.410 e. The first-order chi connectivity index (χ1) is 11.9. The number of rotatable bonds is 2. The van der Waals surface area contributed by atoms with Crippen molar-refractivity contribution < 1.29 is 14.1 Å². The fourth-order valence-corrected chi connectivity index (χ4v) is 2.88. The molecule has 1 saturated heterocycles. The Kier molecular flexibility index (Phi) is 4.45. The van der Waals surface area contributed by atoms with Crippen molar-refractivity contribution in [2.24, 2.45) is 0 Å². The van der Waals surface area contributed by atoms with Crippen LogP contribution in [-0.2, 0) is 4.74 Å². The van der Waals surface area contributed by atoms with E-state index in [1.807, 2.05) is 26.8 Å². The van der Waals surface area contributed by atoms with Gasteiger partial charge in [0, 0.05) is 24.4 Å². The number of carbonyl (C=O) groups excluding carboxylic acids is 1. The van der Waals surface area contributed by atoms with E-state index >= 15 is 0 Å². The van der Waals surface area contributed by atoms with Crippen LogP contribution < -0.4 is 0 Å². The van der Waals surface area contributed by atoms with E-state index in [-0.39, 0.29) is 17.8 Å². The van der Waals surface area contributed by atoms with E-state index < -0.39 is 5.60 Å².